The molecule has 0 radical (unpaired) electrons. The number of hydrogen-bond donors (Lipinski definition) is 1. The van der Waals surface area contributed by atoms with Crippen LogP contribution in [0.1, 0.15) is 18.7 Å². The second-order valence-electron chi connectivity index (χ2n) is 4.06. The highest BCUT2D eigenvalue weighted by atomic mass is 35.5. The highest BCUT2D eigenvalue weighted by Crippen LogP contribution is 2.18. The summed E-state index contributed by atoms with van der Waals surface area (Å²) in [6.07, 6.45) is 6.26. The van der Waals surface area contributed by atoms with Gasteiger partial charge in [0.15, 0.2) is 5.82 Å². The number of carbonyl (C=O) groups is 1. The Labute approximate surface area is 116 Å². The van der Waals surface area contributed by atoms with Crippen molar-refractivity contribution in [3.8, 4) is 5.82 Å². The highest BCUT2D eigenvalue weighted by molar-refractivity contribution is 6.18. The number of aryl methyl sites for hydroxylation is 1. The van der Waals surface area contributed by atoms with Crippen LogP contribution in [0.5, 0.6) is 0 Å². The van der Waals surface area contributed by atoms with Gasteiger partial charge in [0, 0.05) is 30.9 Å². The van der Waals surface area contributed by atoms with Crippen LogP contribution in [0.4, 0.5) is 5.69 Å². The number of alkyl halides is 1. The quantitative estimate of drug-likeness (QED) is 0.855. The van der Waals surface area contributed by atoms with E-state index in [1.54, 1.807) is 18.5 Å². The van der Waals surface area contributed by atoms with Gasteiger partial charge in [-0.3, -0.25) is 9.36 Å². The van der Waals surface area contributed by atoms with Crippen LogP contribution < -0.4 is 5.32 Å². The number of hydrogen-bond acceptors (Lipinski definition) is 3. The molecule has 0 aliphatic heterocycles. The number of nitrogens with one attached hydrogen (secondary N) is 1. The molecule has 100 valence electrons. The average molecular weight is 279 g/mol. The Morgan fingerprint density at radius 2 is 2.26 bits per heavy atom. The van der Waals surface area contributed by atoms with Gasteiger partial charge in [-0.2, -0.15) is 0 Å². The summed E-state index contributed by atoms with van der Waals surface area (Å²) in [4.78, 5) is 20.2. The SMILES string of the molecule is Cc1nccn1-c1ncccc1NC(=O)CCCCl. The van der Waals surface area contributed by atoms with Gasteiger partial charge in [-0.25, -0.2) is 9.97 Å². The molecule has 0 spiro atoms. The van der Waals surface area contributed by atoms with E-state index >= 15 is 0 Å². The van der Waals surface area contributed by atoms with Gasteiger partial charge in [0.05, 0.1) is 5.69 Å². The van der Waals surface area contributed by atoms with E-state index < -0.39 is 0 Å². The largest absolute Gasteiger partial charge is 0.323 e. The van der Waals surface area contributed by atoms with Gasteiger partial charge in [-0.1, -0.05) is 0 Å². The lowest BCUT2D eigenvalue weighted by molar-refractivity contribution is -0.116. The molecule has 0 aliphatic carbocycles. The van der Waals surface area contributed by atoms with Crippen LogP contribution >= 0.6 is 11.6 Å². The normalized spacial score (nSPS) is 10.4. The first-order valence-corrected chi connectivity index (χ1v) is 6.57. The van der Waals surface area contributed by atoms with Crippen LogP contribution in [0.25, 0.3) is 5.82 Å². The molecule has 0 fully saturated rings. The zero-order chi connectivity index (χ0) is 13.7. The standard InChI is InChI=1S/C13H15ClN4O/c1-10-15-8-9-18(10)13-11(4-3-7-16-13)17-12(19)5-2-6-14/h3-4,7-9H,2,5-6H2,1H3,(H,17,19). The lowest BCUT2D eigenvalue weighted by atomic mass is 10.3. The fourth-order valence-corrected chi connectivity index (χ4v) is 1.86. The highest BCUT2D eigenvalue weighted by Gasteiger charge is 2.10. The van der Waals surface area contributed by atoms with E-state index in [0.29, 0.717) is 30.2 Å². The Kier molecular flexibility index (Phi) is 4.52. The maximum Gasteiger partial charge on any atom is 0.224 e. The van der Waals surface area contributed by atoms with Crippen molar-refractivity contribution < 1.29 is 4.79 Å². The predicted octanol–water partition coefficient (Wildman–Crippen LogP) is 2.53. The smallest absolute Gasteiger partial charge is 0.224 e. The number of rotatable bonds is 5. The van der Waals surface area contributed by atoms with E-state index in [2.05, 4.69) is 15.3 Å². The fourth-order valence-electron chi connectivity index (χ4n) is 1.73. The first-order chi connectivity index (χ1) is 9.22. The molecule has 0 saturated heterocycles. The number of carbonyl (C=O) groups excluding carboxylic acids is 1. The summed E-state index contributed by atoms with van der Waals surface area (Å²) < 4.78 is 1.83. The molecule has 0 unspecified atom stereocenters. The molecule has 0 saturated carbocycles. The Hall–Kier alpha value is -1.88. The second kappa shape index (κ2) is 6.33. The molecule has 2 aromatic heterocycles. The molecule has 6 heteroatoms. The minimum Gasteiger partial charge on any atom is -0.323 e. The molecule has 0 atom stereocenters. The van der Waals surface area contributed by atoms with Gasteiger partial charge in [0.1, 0.15) is 5.82 Å². The van der Waals surface area contributed by atoms with Crippen LogP contribution in [-0.4, -0.2) is 26.3 Å². The van der Waals surface area contributed by atoms with Gasteiger partial charge < -0.3 is 5.32 Å². The summed E-state index contributed by atoms with van der Waals surface area (Å²) >= 11 is 5.58. The van der Waals surface area contributed by atoms with E-state index in [1.165, 1.54) is 0 Å². The van der Waals surface area contributed by atoms with Crippen molar-refractivity contribution in [1.82, 2.24) is 14.5 Å². The maximum absolute atomic E-state index is 11.8. The molecule has 19 heavy (non-hydrogen) atoms. The maximum atomic E-state index is 11.8. The monoisotopic (exact) mass is 278 g/mol. The number of halogens is 1. The summed E-state index contributed by atoms with van der Waals surface area (Å²) in [7, 11) is 0. The minimum absolute atomic E-state index is 0.0623. The third-order valence-electron chi connectivity index (χ3n) is 2.65. The molecule has 5 nitrogen and oxygen atoms in total. The predicted molar refractivity (Wildman–Crippen MR) is 74.7 cm³/mol. The lowest BCUT2D eigenvalue weighted by Crippen LogP contribution is -2.14. The third-order valence-corrected chi connectivity index (χ3v) is 2.92. The molecular weight excluding hydrogens is 264 g/mol. The van der Waals surface area contributed by atoms with Crippen LogP contribution in [0.3, 0.4) is 0 Å². The van der Waals surface area contributed by atoms with Gasteiger partial charge in [0.2, 0.25) is 5.91 Å². The number of nitrogens with zero attached hydrogens (tertiary/aromatic N) is 3. The van der Waals surface area contributed by atoms with Crippen LogP contribution in [0.2, 0.25) is 0 Å². The first-order valence-electron chi connectivity index (χ1n) is 6.03. The number of anilines is 1. The number of amides is 1. The Bertz CT molecular complexity index is 567. The fraction of sp³-hybridized carbons (Fsp3) is 0.308. The topological polar surface area (TPSA) is 59.8 Å². The molecule has 2 heterocycles. The van der Waals surface area contributed by atoms with Crippen molar-refractivity contribution in [3.63, 3.8) is 0 Å². The lowest BCUT2D eigenvalue weighted by Gasteiger charge is -2.11. The average Bonchev–Trinajstić information content (AvgIpc) is 2.83. The number of imidazole rings is 1. The van der Waals surface area contributed by atoms with Gasteiger partial charge in [-0.05, 0) is 25.5 Å². The summed E-state index contributed by atoms with van der Waals surface area (Å²) in [5, 5.41) is 2.85. The van der Waals surface area contributed by atoms with Crippen molar-refractivity contribution >= 4 is 23.2 Å². The van der Waals surface area contributed by atoms with Gasteiger partial charge in [-0.15, -0.1) is 11.6 Å². The Morgan fingerprint density at radius 1 is 1.42 bits per heavy atom. The van der Waals surface area contributed by atoms with Crippen molar-refractivity contribution in [2.75, 3.05) is 11.2 Å². The molecule has 1 N–H and O–H groups in total. The van der Waals surface area contributed by atoms with E-state index in [9.17, 15) is 4.79 Å². The summed E-state index contributed by atoms with van der Waals surface area (Å²) in [5.74, 6) is 1.90. The Morgan fingerprint density at radius 3 is 2.95 bits per heavy atom. The summed E-state index contributed by atoms with van der Waals surface area (Å²) in [5.41, 5.74) is 0.670. The molecule has 2 rings (SSSR count). The van der Waals surface area contributed by atoms with E-state index in [4.69, 9.17) is 11.6 Å². The van der Waals surface area contributed by atoms with Crippen molar-refractivity contribution in [3.05, 3.63) is 36.5 Å². The molecule has 2 aromatic rings. The van der Waals surface area contributed by atoms with Crippen LogP contribution in [0, 0.1) is 6.92 Å². The zero-order valence-corrected chi connectivity index (χ0v) is 11.4. The molecular formula is C13H15ClN4O. The minimum atomic E-state index is -0.0623. The second-order valence-corrected chi connectivity index (χ2v) is 4.44. The van der Waals surface area contributed by atoms with Crippen molar-refractivity contribution in [2.45, 2.75) is 19.8 Å². The zero-order valence-electron chi connectivity index (χ0n) is 10.6. The van der Waals surface area contributed by atoms with E-state index in [-0.39, 0.29) is 5.91 Å². The molecule has 0 aliphatic rings. The third kappa shape index (κ3) is 3.32. The van der Waals surface area contributed by atoms with Crippen molar-refractivity contribution in [2.24, 2.45) is 0 Å². The summed E-state index contributed by atoms with van der Waals surface area (Å²) in [6.45, 7) is 1.88. The molecule has 1 amide bonds. The van der Waals surface area contributed by atoms with E-state index in [1.807, 2.05) is 23.8 Å². The summed E-state index contributed by atoms with van der Waals surface area (Å²) in [6, 6.07) is 3.60. The first kappa shape index (κ1) is 13.5. The molecule has 0 aromatic carbocycles. The number of pyridine rings is 1. The van der Waals surface area contributed by atoms with Crippen LogP contribution in [-0.2, 0) is 4.79 Å². The Balaban J connectivity index is 2.22. The van der Waals surface area contributed by atoms with Gasteiger partial charge >= 0.3 is 0 Å². The molecule has 0 bridgehead atoms. The van der Waals surface area contributed by atoms with Crippen LogP contribution in [0.15, 0.2) is 30.7 Å². The number of aromatic nitrogens is 3. The van der Waals surface area contributed by atoms with Gasteiger partial charge in [0.25, 0.3) is 0 Å². The van der Waals surface area contributed by atoms with E-state index in [0.717, 1.165) is 5.82 Å². The van der Waals surface area contributed by atoms with Crippen molar-refractivity contribution in [1.29, 1.82) is 0 Å².